The van der Waals surface area contributed by atoms with Crippen LogP contribution in [0, 0.1) is 6.92 Å². The van der Waals surface area contributed by atoms with Crippen molar-refractivity contribution in [3.63, 3.8) is 0 Å². The zero-order chi connectivity index (χ0) is 19.3. The summed E-state index contributed by atoms with van der Waals surface area (Å²) < 4.78 is 39.5. The van der Waals surface area contributed by atoms with Gasteiger partial charge in [0, 0.05) is 24.2 Å². The highest BCUT2D eigenvalue weighted by Crippen LogP contribution is 2.35. The number of carbonyl (C=O) groups excluding carboxylic acids is 1. The quantitative estimate of drug-likeness (QED) is 0.557. The van der Waals surface area contributed by atoms with E-state index in [4.69, 9.17) is 23.2 Å². The molecule has 1 heterocycles. The third-order valence-corrected chi connectivity index (χ3v) is 4.36. The standard InChI is InChI=1S/C17H16Cl2F3N3O/c1-11-15(19)16(17(20,21)22)24-25(11)10-4-9-23-14(26)8-7-12-5-2-3-6-13(12)18/h2-3,5-8H,4,9-10H2,1H3,(H,23,26)/b8-7+. The van der Waals surface area contributed by atoms with Crippen LogP contribution in [0.4, 0.5) is 13.2 Å². The van der Waals surface area contributed by atoms with Gasteiger partial charge in [0.2, 0.25) is 5.91 Å². The minimum absolute atomic E-state index is 0.205. The normalized spacial score (nSPS) is 11.9. The van der Waals surface area contributed by atoms with Gasteiger partial charge in [-0.1, -0.05) is 41.4 Å². The maximum atomic E-state index is 12.8. The van der Waals surface area contributed by atoms with Crippen molar-refractivity contribution in [3.05, 3.63) is 57.3 Å². The van der Waals surface area contributed by atoms with E-state index in [1.165, 1.54) is 17.7 Å². The summed E-state index contributed by atoms with van der Waals surface area (Å²) in [5, 5.41) is 6.28. The van der Waals surface area contributed by atoms with Crippen LogP contribution in [0.15, 0.2) is 30.3 Å². The monoisotopic (exact) mass is 405 g/mol. The Bertz CT molecular complexity index is 816. The van der Waals surface area contributed by atoms with Gasteiger partial charge < -0.3 is 5.32 Å². The second kappa shape index (κ2) is 8.60. The lowest BCUT2D eigenvalue weighted by molar-refractivity contribution is -0.141. The molecule has 0 radical (unpaired) electrons. The van der Waals surface area contributed by atoms with Crippen LogP contribution in [0.3, 0.4) is 0 Å². The van der Waals surface area contributed by atoms with Gasteiger partial charge in [0.1, 0.15) is 0 Å². The lowest BCUT2D eigenvalue weighted by Crippen LogP contribution is -2.23. The first-order chi connectivity index (χ1) is 12.2. The van der Waals surface area contributed by atoms with Crippen LogP contribution in [0.1, 0.15) is 23.4 Å². The molecule has 0 aliphatic carbocycles. The van der Waals surface area contributed by atoms with E-state index in [-0.39, 0.29) is 24.7 Å². The minimum Gasteiger partial charge on any atom is -0.352 e. The van der Waals surface area contributed by atoms with Crippen LogP contribution in [0.2, 0.25) is 10.0 Å². The Morgan fingerprint density at radius 3 is 2.62 bits per heavy atom. The van der Waals surface area contributed by atoms with Crippen LogP contribution < -0.4 is 5.32 Å². The SMILES string of the molecule is Cc1c(Cl)c(C(F)(F)F)nn1CCCNC(=O)/C=C/c1ccccc1Cl. The fourth-order valence-electron chi connectivity index (χ4n) is 2.20. The molecule has 0 atom stereocenters. The number of carbonyl (C=O) groups is 1. The number of hydrogen-bond acceptors (Lipinski definition) is 2. The molecule has 0 saturated heterocycles. The predicted molar refractivity (Wildman–Crippen MR) is 95.1 cm³/mol. The van der Waals surface area contributed by atoms with Crippen LogP contribution in [0.5, 0.6) is 0 Å². The van der Waals surface area contributed by atoms with Crippen molar-refractivity contribution in [2.24, 2.45) is 0 Å². The molecule has 0 spiro atoms. The molecule has 1 aromatic carbocycles. The van der Waals surface area contributed by atoms with Gasteiger partial charge in [0.15, 0.2) is 5.69 Å². The van der Waals surface area contributed by atoms with Crippen molar-refractivity contribution in [1.29, 1.82) is 0 Å². The van der Waals surface area contributed by atoms with E-state index in [1.54, 1.807) is 30.3 Å². The molecule has 1 aromatic heterocycles. The van der Waals surface area contributed by atoms with E-state index in [0.29, 0.717) is 17.0 Å². The highest BCUT2D eigenvalue weighted by Gasteiger charge is 2.38. The van der Waals surface area contributed by atoms with Crippen molar-refractivity contribution in [3.8, 4) is 0 Å². The van der Waals surface area contributed by atoms with Crippen molar-refractivity contribution in [2.45, 2.75) is 26.1 Å². The summed E-state index contributed by atoms with van der Waals surface area (Å²) >= 11 is 11.7. The van der Waals surface area contributed by atoms with Crippen LogP contribution in [-0.2, 0) is 17.5 Å². The first-order valence-electron chi connectivity index (χ1n) is 7.70. The molecule has 140 valence electrons. The van der Waals surface area contributed by atoms with Crippen LogP contribution in [-0.4, -0.2) is 22.2 Å². The maximum absolute atomic E-state index is 12.8. The number of rotatable bonds is 6. The number of amides is 1. The van der Waals surface area contributed by atoms with Gasteiger partial charge in [-0.3, -0.25) is 9.48 Å². The molecule has 0 fully saturated rings. The van der Waals surface area contributed by atoms with Crippen molar-refractivity contribution < 1.29 is 18.0 Å². The number of aryl methyl sites for hydroxylation is 1. The largest absolute Gasteiger partial charge is 0.436 e. The van der Waals surface area contributed by atoms with Crippen molar-refractivity contribution in [2.75, 3.05) is 6.54 Å². The summed E-state index contributed by atoms with van der Waals surface area (Å²) in [4.78, 5) is 11.8. The zero-order valence-corrected chi connectivity index (χ0v) is 15.3. The molecule has 2 rings (SSSR count). The number of aromatic nitrogens is 2. The van der Waals surface area contributed by atoms with Gasteiger partial charge in [-0.2, -0.15) is 18.3 Å². The molecular formula is C17H16Cl2F3N3O. The lowest BCUT2D eigenvalue weighted by Gasteiger charge is -2.05. The van der Waals surface area contributed by atoms with Gasteiger partial charge in [0.25, 0.3) is 0 Å². The minimum atomic E-state index is -4.59. The molecule has 1 N–H and O–H groups in total. The van der Waals surface area contributed by atoms with Crippen LogP contribution in [0.25, 0.3) is 6.08 Å². The number of hydrogen-bond donors (Lipinski definition) is 1. The Morgan fingerprint density at radius 2 is 2.00 bits per heavy atom. The highest BCUT2D eigenvalue weighted by atomic mass is 35.5. The molecule has 4 nitrogen and oxygen atoms in total. The summed E-state index contributed by atoms with van der Waals surface area (Å²) in [6, 6.07) is 7.07. The van der Waals surface area contributed by atoms with Crippen LogP contribution >= 0.6 is 23.2 Å². The Balaban J connectivity index is 1.84. The fraction of sp³-hybridized carbons (Fsp3) is 0.294. The Morgan fingerprint density at radius 1 is 1.31 bits per heavy atom. The summed E-state index contributed by atoms with van der Waals surface area (Å²) in [5.41, 5.74) is -0.141. The number of nitrogens with one attached hydrogen (secondary N) is 1. The van der Waals surface area contributed by atoms with Crippen molar-refractivity contribution >= 4 is 35.2 Å². The third-order valence-electron chi connectivity index (χ3n) is 3.57. The summed E-state index contributed by atoms with van der Waals surface area (Å²) in [7, 11) is 0. The first kappa shape index (κ1) is 20.3. The Kier molecular flexibility index (Phi) is 6.72. The molecule has 1 amide bonds. The first-order valence-corrected chi connectivity index (χ1v) is 8.46. The average Bonchev–Trinajstić information content (AvgIpc) is 2.86. The average molecular weight is 406 g/mol. The maximum Gasteiger partial charge on any atom is 0.436 e. The van der Waals surface area contributed by atoms with E-state index in [1.807, 2.05) is 0 Å². The third kappa shape index (κ3) is 5.25. The van der Waals surface area contributed by atoms with Gasteiger partial charge >= 0.3 is 6.18 Å². The topological polar surface area (TPSA) is 46.9 Å². The number of nitrogens with zero attached hydrogens (tertiary/aromatic N) is 2. The zero-order valence-electron chi connectivity index (χ0n) is 13.8. The fourth-order valence-corrected chi connectivity index (χ4v) is 2.64. The molecular weight excluding hydrogens is 390 g/mol. The highest BCUT2D eigenvalue weighted by molar-refractivity contribution is 6.32. The van der Waals surface area contributed by atoms with E-state index in [0.717, 1.165) is 0 Å². The van der Waals surface area contributed by atoms with Gasteiger partial charge in [-0.05, 0) is 31.1 Å². The van der Waals surface area contributed by atoms with Crippen molar-refractivity contribution in [1.82, 2.24) is 15.1 Å². The molecule has 0 saturated carbocycles. The smallest absolute Gasteiger partial charge is 0.352 e. The molecule has 0 unspecified atom stereocenters. The number of alkyl halides is 3. The second-order valence-electron chi connectivity index (χ2n) is 5.47. The number of benzene rings is 1. The predicted octanol–water partition coefficient (Wildman–Crippen LogP) is 4.74. The Hall–Kier alpha value is -1.99. The van der Waals surface area contributed by atoms with Gasteiger partial charge in [-0.15, -0.1) is 0 Å². The van der Waals surface area contributed by atoms with E-state index in [9.17, 15) is 18.0 Å². The summed E-state index contributed by atoms with van der Waals surface area (Å²) in [6.45, 7) is 1.95. The second-order valence-corrected chi connectivity index (χ2v) is 6.25. The number of halogens is 5. The van der Waals surface area contributed by atoms with E-state index < -0.39 is 16.9 Å². The molecule has 0 bridgehead atoms. The van der Waals surface area contributed by atoms with Gasteiger partial charge in [-0.25, -0.2) is 0 Å². The Labute approximate surface area is 158 Å². The van der Waals surface area contributed by atoms with E-state index in [2.05, 4.69) is 10.4 Å². The van der Waals surface area contributed by atoms with Gasteiger partial charge in [0.05, 0.1) is 10.7 Å². The summed E-state index contributed by atoms with van der Waals surface area (Å²) in [5.74, 6) is -0.323. The summed E-state index contributed by atoms with van der Waals surface area (Å²) in [6.07, 6.45) is -1.25. The van der Waals surface area contributed by atoms with E-state index >= 15 is 0 Å². The molecule has 0 aliphatic rings. The lowest BCUT2D eigenvalue weighted by atomic mass is 10.2. The molecule has 0 aliphatic heterocycles. The molecule has 9 heteroatoms. The molecule has 26 heavy (non-hydrogen) atoms. The molecule has 2 aromatic rings.